The third kappa shape index (κ3) is 4.23. The zero-order valence-electron chi connectivity index (χ0n) is 13.9. The van der Waals surface area contributed by atoms with Crippen LogP contribution in [0.3, 0.4) is 0 Å². The molecule has 0 radical (unpaired) electrons. The third-order valence-corrected chi connectivity index (χ3v) is 5.71. The molecule has 0 bridgehead atoms. The number of rotatable bonds is 5. The quantitative estimate of drug-likeness (QED) is 0.427. The Labute approximate surface area is 155 Å². The number of carbonyl (C=O) groups excluding carboxylic acids is 2. The molecule has 0 aromatic heterocycles. The second-order valence-corrected chi connectivity index (χ2v) is 8.21. The number of benzene rings is 1. The van der Waals surface area contributed by atoms with Crippen LogP contribution < -0.4 is 0 Å². The fraction of sp³-hybridized carbons (Fsp3) is 0.235. The molecule has 0 N–H and O–H groups in total. The molecule has 0 spiro atoms. The van der Waals surface area contributed by atoms with Gasteiger partial charge in [-0.3, -0.25) is 4.79 Å². The molecule has 3 rings (SSSR count). The van der Waals surface area contributed by atoms with Crippen LogP contribution in [0.5, 0.6) is 0 Å². The molecule has 0 unspecified atom stereocenters. The molecule has 2 aliphatic heterocycles. The Kier molecular flexibility index (Phi) is 5.28. The van der Waals surface area contributed by atoms with E-state index in [0.29, 0.717) is 5.56 Å². The van der Waals surface area contributed by atoms with E-state index in [-0.39, 0.29) is 36.1 Å². The van der Waals surface area contributed by atoms with E-state index in [1.54, 1.807) is 28.8 Å². The Morgan fingerprint density at radius 3 is 2.65 bits per heavy atom. The van der Waals surface area contributed by atoms with Crippen molar-refractivity contribution in [3.05, 3.63) is 53.8 Å². The Bertz CT molecular complexity index is 930. The Hall–Kier alpha value is -2.39. The largest absolute Gasteiger partial charge is 0.454 e. The fourth-order valence-corrected chi connectivity index (χ4v) is 3.77. The van der Waals surface area contributed by atoms with Crippen LogP contribution in [-0.4, -0.2) is 56.1 Å². The smallest absolute Gasteiger partial charge is 0.340 e. The number of ketones is 1. The molecule has 1 aromatic rings. The highest BCUT2D eigenvalue weighted by Gasteiger charge is 2.25. The summed E-state index contributed by atoms with van der Waals surface area (Å²) >= 11 is 1.57. The van der Waals surface area contributed by atoms with E-state index in [2.05, 4.69) is 4.40 Å². The van der Waals surface area contributed by atoms with Gasteiger partial charge in [0.1, 0.15) is 5.84 Å². The normalized spacial score (nSPS) is 17.8. The number of Topliss-reactive ketones (excluding diaryl/α,β-unsaturated/α-hetero) is 1. The van der Waals surface area contributed by atoms with Gasteiger partial charge < -0.3 is 9.64 Å². The summed E-state index contributed by atoms with van der Waals surface area (Å²) in [5.41, 5.74) is 0.702. The van der Waals surface area contributed by atoms with Crippen molar-refractivity contribution in [3.8, 4) is 0 Å². The van der Waals surface area contributed by atoms with Gasteiger partial charge in [-0.25, -0.2) is 13.2 Å². The topological polar surface area (TPSA) is 93.1 Å². The standard InChI is InChI=1S/C17H16N2O5S2/c1-25-14-5-2-12(3-6-14)15(20)11-24-17(21)13-4-7-16-18-26(22,23)9-8-19(16)10-13/h2-7,10H,8-9,11H2,1H3. The first-order chi connectivity index (χ1) is 12.4. The van der Waals surface area contributed by atoms with Crippen molar-refractivity contribution in [2.75, 3.05) is 25.2 Å². The van der Waals surface area contributed by atoms with Crippen LogP contribution in [0.25, 0.3) is 0 Å². The minimum absolute atomic E-state index is 0.117. The number of sulfonamides is 1. The van der Waals surface area contributed by atoms with Gasteiger partial charge in [0, 0.05) is 23.2 Å². The number of nitrogens with zero attached hydrogens (tertiary/aromatic N) is 2. The van der Waals surface area contributed by atoms with Crippen molar-refractivity contribution < 1.29 is 22.7 Å². The Balaban J connectivity index is 1.61. The summed E-state index contributed by atoms with van der Waals surface area (Å²) < 4.78 is 31.7. The predicted octanol–water partition coefficient (Wildman–Crippen LogP) is 1.63. The van der Waals surface area contributed by atoms with Gasteiger partial charge in [-0.1, -0.05) is 12.1 Å². The molecule has 0 saturated carbocycles. The van der Waals surface area contributed by atoms with Crippen LogP contribution >= 0.6 is 11.8 Å². The average Bonchev–Trinajstić information content (AvgIpc) is 2.64. The zero-order chi connectivity index (χ0) is 18.7. The van der Waals surface area contributed by atoms with Crippen LogP contribution in [0.15, 0.2) is 57.5 Å². The summed E-state index contributed by atoms with van der Waals surface area (Å²) in [6.07, 6.45) is 6.29. The lowest BCUT2D eigenvalue weighted by atomic mass is 10.1. The third-order valence-electron chi connectivity index (χ3n) is 3.81. The molecule has 2 aliphatic rings. The molecule has 0 amide bonds. The molecule has 0 saturated heterocycles. The van der Waals surface area contributed by atoms with Crippen LogP contribution in [0.1, 0.15) is 10.4 Å². The predicted molar refractivity (Wildman–Crippen MR) is 98.7 cm³/mol. The highest BCUT2D eigenvalue weighted by molar-refractivity contribution is 7.98. The van der Waals surface area contributed by atoms with E-state index >= 15 is 0 Å². The summed E-state index contributed by atoms with van der Waals surface area (Å²) in [6.45, 7) is -0.152. The minimum atomic E-state index is -3.44. The molecule has 2 heterocycles. The maximum absolute atomic E-state index is 12.2. The second kappa shape index (κ2) is 7.46. The summed E-state index contributed by atoms with van der Waals surface area (Å²) in [6, 6.07) is 7.05. The van der Waals surface area contributed by atoms with E-state index < -0.39 is 16.0 Å². The highest BCUT2D eigenvalue weighted by atomic mass is 32.2. The summed E-state index contributed by atoms with van der Waals surface area (Å²) in [7, 11) is -3.44. The van der Waals surface area contributed by atoms with Gasteiger partial charge in [-0.05, 0) is 30.5 Å². The lowest BCUT2D eigenvalue weighted by Crippen LogP contribution is -2.37. The molecule has 136 valence electrons. The molecule has 26 heavy (non-hydrogen) atoms. The maximum Gasteiger partial charge on any atom is 0.340 e. The second-order valence-electron chi connectivity index (χ2n) is 5.57. The molecular weight excluding hydrogens is 376 g/mol. The molecule has 0 fully saturated rings. The van der Waals surface area contributed by atoms with Crippen LogP contribution in [0.2, 0.25) is 0 Å². The van der Waals surface area contributed by atoms with E-state index in [0.717, 1.165) is 4.90 Å². The van der Waals surface area contributed by atoms with Gasteiger partial charge in [-0.15, -0.1) is 16.2 Å². The Morgan fingerprint density at radius 1 is 1.23 bits per heavy atom. The van der Waals surface area contributed by atoms with E-state index in [1.807, 2.05) is 18.4 Å². The number of esters is 1. The van der Waals surface area contributed by atoms with Crippen LogP contribution in [-0.2, 0) is 19.6 Å². The van der Waals surface area contributed by atoms with Crippen molar-refractivity contribution in [3.63, 3.8) is 0 Å². The monoisotopic (exact) mass is 392 g/mol. The lowest BCUT2D eigenvalue weighted by Gasteiger charge is -2.26. The lowest BCUT2D eigenvalue weighted by molar-refractivity contribution is -0.137. The highest BCUT2D eigenvalue weighted by Crippen LogP contribution is 2.17. The first kappa shape index (κ1) is 18.4. The SMILES string of the molecule is CSc1ccc(C(=O)COC(=O)C2=CN3CCS(=O)(=O)N=C3C=C2)cc1. The number of hydrogen-bond acceptors (Lipinski definition) is 7. The Morgan fingerprint density at radius 2 is 1.96 bits per heavy atom. The number of hydrogen-bond donors (Lipinski definition) is 0. The van der Waals surface area contributed by atoms with E-state index in [1.165, 1.54) is 18.4 Å². The van der Waals surface area contributed by atoms with Crippen molar-refractivity contribution in [2.24, 2.45) is 4.40 Å². The molecule has 0 atom stereocenters. The van der Waals surface area contributed by atoms with Crippen LogP contribution in [0, 0.1) is 0 Å². The van der Waals surface area contributed by atoms with Gasteiger partial charge in [0.25, 0.3) is 10.0 Å². The fourth-order valence-electron chi connectivity index (χ4n) is 2.40. The van der Waals surface area contributed by atoms with Crippen LogP contribution in [0.4, 0.5) is 0 Å². The van der Waals surface area contributed by atoms with Crippen molar-refractivity contribution >= 4 is 39.4 Å². The first-order valence-electron chi connectivity index (χ1n) is 7.71. The average molecular weight is 392 g/mol. The zero-order valence-corrected chi connectivity index (χ0v) is 15.5. The van der Waals surface area contributed by atoms with Gasteiger partial charge in [-0.2, -0.15) is 0 Å². The van der Waals surface area contributed by atoms with Gasteiger partial charge in [0.05, 0.1) is 11.3 Å². The minimum Gasteiger partial charge on any atom is -0.454 e. The molecule has 7 nitrogen and oxygen atoms in total. The van der Waals surface area contributed by atoms with E-state index in [9.17, 15) is 18.0 Å². The number of carbonyl (C=O) groups is 2. The summed E-state index contributed by atoms with van der Waals surface area (Å²) in [4.78, 5) is 26.9. The summed E-state index contributed by atoms with van der Waals surface area (Å²) in [5, 5.41) is 0. The van der Waals surface area contributed by atoms with Gasteiger partial charge >= 0.3 is 5.97 Å². The van der Waals surface area contributed by atoms with E-state index in [4.69, 9.17) is 4.74 Å². The van der Waals surface area contributed by atoms with Gasteiger partial charge in [0.15, 0.2) is 12.4 Å². The number of thioether (sulfide) groups is 1. The van der Waals surface area contributed by atoms with Crippen molar-refractivity contribution in [2.45, 2.75) is 4.90 Å². The maximum atomic E-state index is 12.2. The number of amidine groups is 1. The van der Waals surface area contributed by atoms with Crippen molar-refractivity contribution in [1.82, 2.24) is 4.90 Å². The molecule has 9 heteroatoms. The van der Waals surface area contributed by atoms with Gasteiger partial charge in [0.2, 0.25) is 0 Å². The molecule has 0 aliphatic carbocycles. The number of fused-ring (bicyclic) bond motifs is 1. The number of ether oxygens (including phenoxy) is 1. The van der Waals surface area contributed by atoms with Crippen molar-refractivity contribution in [1.29, 1.82) is 0 Å². The first-order valence-corrected chi connectivity index (χ1v) is 10.5. The molecular formula is C17H16N2O5S2. The molecule has 1 aromatic carbocycles. The summed E-state index contributed by atoms with van der Waals surface area (Å²) in [5.74, 6) is -0.800.